The summed E-state index contributed by atoms with van der Waals surface area (Å²) < 4.78 is 9.76. The van der Waals surface area contributed by atoms with Gasteiger partial charge in [-0.3, -0.25) is 9.89 Å². The Labute approximate surface area is 119 Å². The van der Waals surface area contributed by atoms with Crippen molar-refractivity contribution in [3.8, 4) is 17.0 Å². The van der Waals surface area contributed by atoms with E-state index in [2.05, 4.69) is 20.7 Å². The first-order valence-electron chi connectivity index (χ1n) is 6.17. The Bertz CT molecular complexity index is 749. The molecule has 1 amide bonds. The van der Waals surface area contributed by atoms with Crippen molar-refractivity contribution in [1.82, 2.24) is 15.4 Å². The van der Waals surface area contributed by atoms with Crippen LogP contribution < -0.4 is 10.1 Å². The van der Waals surface area contributed by atoms with Crippen LogP contribution in [0.15, 0.2) is 47.2 Å². The first-order valence-corrected chi connectivity index (χ1v) is 6.17. The number of aromatic amines is 1. The zero-order chi connectivity index (χ0) is 14.7. The summed E-state index contributed by atoms with van der Waals surface area (Å²) in [5.41, 5.74) is 2.53. The molecule has 7 nitrogen and oxygen atoms in total. The molecule has 0 aliphatic carbocycles. The summed E-state index contributed by atoms with van der Waals surface area (Å²) in [4.78, 5) is 12.0. The van der Waals surface area contributed by atoms with Crippen LogP contribution >= 0.6 is 0 Å². The molecule has 3 aromatic rings. The maximum absolute atomic E-state index is 12.0. The third-order valence-corrected chi connectivity index (χ3v) is 2.87. The number of nitrogens with one attached hydrogen (secondary N) is 2. The molecule has 0 spiro atoms. The number of hydrogen-bond acceptors (Lipinski definition) is 5. The van der Waals surface area contributed by atoms with Crippen LogP contribution in [0.4, 0.5) is 5.69 Å². The predicted molar refractivity (Wildman–Crippen MR) is 75.0 cm³/mol. The lowest BCUT2D eigenvalue weighted by Crippen LogP contribution is -2.10. The number of ether oxygens (including phenoxy) is 1. The van der Waals surface area contributed by atoms with Gasteiger partial charge in [0.2, 0.25) is 5.76 Å². The number of nitrogens with zero attached hydrogens (tertiary/aromatic N) is 2. The molecule has 0 aliphatic heterocycles. The molecule has 2 N–H and O–H groups in total. The zero-order valence-corrected chi connectivity index (χ0v) is 11.2. The smallest absolute Gasteiger partial charge is 0.294 e. The fourth-order valence-electron chi connectivity index (χ4n) is 1.84. The first kappa shape index (κ1) is 12.9. The number of anilines is 1. The topological polar surface area (TPSA) is 93.0 Å². The number of benzene rings is 1. The molecule has 0 fully saturated rings. The van der Waals surface area contributed by atoms with E-state index in [0.29, 0.717) is 5.69 Å². The molecule has 2 heterocycles. The van der Waals surface area contributed by atoms with Crippen molar-refractivity contribution in [2.24, 2.45) is 0 Å². The molecule has 2 aromatic heterocycles. The Morgan fingerprint density at radius 1 is 1.33 bits per heavy atom. The second-order valence-electron chi connectivity index (χ2n) is 4.26. The first-order chi connectivity index (χ1) is 10.3. The minimum absolute atomic E-state index is 0.0839. The van der Waals surface area contributed by atoms with E-state index >= 15 is 0 Å². The Hall–Kier alpha value is -3.09. The number of hydrogen-bond donors (Lipinski definition) is 2. The van der Waals surface area contributed by atoms with Crippen LogP contribution in [0.5, 0.6) is 5.88 Å². The molecule has 1 aromatic carbocycles. The van der Waals surface area contributed by atoms with E-state index in [4.69, 9.17) is 9.26 Å². The maximum atomic E-state index is 12.0. The molecule has 0 bridgehead atoms. The number of H-pyrrole nitrogens is 1. The van der Waals surface area contributed by atoms with E-state index in [1.165, 1.54) is 13.2 Å². The van der Waals surface area contributed by atoms with E-state index in [9.17, 15) is 4.79 Å². The highest BCUT2D eigenvalue weighted by molar-refractivity contribution is 6.02. The van der Waals surface area contributed by atoms with Crippen LogP contribution in [-0.2, 0) is 0 Å². The Kier molecular flexibility index (Phi) is 3.38. The van der Waals surface area contributed by atoms with Gasteiger partial charge >= 0.3 is 0 Å². The SMILES string of the molecule is COc1cc(C(=O)Nc2cccc(-c3cn[nH]c3)c2)on1. The normalized spacial score (nSPS) is 10.3. The fraction of sp³-hybridized carbons (Fsp3) is 0.0714. The van der Waals surface area contributed by atoms with E-state index in [-0.39, 0.29) is 11.6 Å². The molecule has 0 unspecified atom stereocenters. The zero-order valence-electron chi connectivity index (χ0n) is 11.2. The second kappa shape index (κ2) is 5.49. The van der Waals surface area contributed by atoms with Gasteiger partial charge in [-0.2, -0.15) is 5.10 Å². The predicted octanol–water partition coefficient (Wildman–Crippen LogP) is 2.33. The van der Waals surface area contributed by atoms with Crippen LogP contribution in [0.25, 0.3) is 11.1 Å². The number of amides is 1. The lowest BCUT2D eigenvalue weighted by Gasteiger charge is -2.04. The highest BCUT2D eigenvalue weighted by Crippen LogP contribution is 2.22. The minimum Gasteiger partial charge on any atom is -0.479 e. The summed E-state index contributed by atoms with van der Waals surface area (Å²) in [5.74, 6) is -0.0528. The summed E-state index contributed by atoms with van der Waals surface area (Å²) in [6.07, 6.45) is 3.49. The summed E-state index contributed by atoms with van der Waals surface area (Å²) in [5, 5.41) is 13.0. The summed E-state index contributed by atoms with van der Waals surface area (Å²) in [7, 11) is 1.45. The molecule has 0 saturated heterocycles. The van der Waals surface area contributed by atoms with Crippen LogP contribution in [0, 0.1) is 0 Å². The molecule has 7 heteroatoms. The van der Waals surface area contributed by atoms with E-state index in [1.54, 1.807) is 18.5 Å². The standard InChI is InChI=1S/C14H12N4O3/c1-20-13-6-12(21-18-13)14(19)17-11-4-2-3-9(5-11)10-7-15-16-8-10/h2-8H,1H3,(H,15,16)(H,17,19). The van der Waals surface area contributed by atoms with E-state index < -0.39 is 5.91 Å². The number of aromatic nitrogens is 3. The average molecular weight is 284 g/mol. The van der Waals surface area contributed by atoms with Crippen molar-refractivity contribution in [3.05, 3.63) is 48.5 Å². The van der Waals surface area contributed by atoms with Gasteiger partial charge < -0.3 is 14.6 Å². The summed E-state index contributed by atoms with van der Waals surface area (Å²) >= 11 is 0. The fourth-order valence-corrected chi connectivity index (χ4v) is 1.84. The van der Waals surface area contributed by atoms with Crippen molar-refractivity contribution in [3.63, 3.8) is 0 Å². The van der Waals surface area contributed by atoms with Crippen molar-refractivity contribution in [1.29, 1.82) is 0 Å². The highest BCUT2D eigenvalue weighted by Gasteiger charge is 2.13. The largest absolute Gasteiger partial charge is 0.479 e. The van der Waals surface area contributed by atoms with Gasteiger partial charge in [0.15, 0.2) is 0 Å². The van der Waals surface area contributed by atoms with Crippen molar-refractivity contribution < 1.29 is 14.1 Å². The highest BCUT2D eigenvalue weighted by atomic mass is 16.5. The van der Waals surface area contributed by atoms with Gasteiger partial charge in [-0.15, -0.1) is 0 Å². The van der Waals surface area contributed by atoms with Gasteiger partial charge in [-0.25, -0.2) is 0 Å². The van der Waals surface area contributed by atoms with Gasteiger partial charge in [0.05, 0.1) is 19.4 Å². The van der Waals surface area contributed by atoms with Gasteiger partial charge in [-0.1, -0.05) is 12.1 Å². The lowest BCUT2D eigenvalue weighted by molar-refractivity contribution is 0.0987. The molecule has 106 valence electrons. The van der Waals surface area contributed by atoms with E-state index in [0.717, 1.165) is 11.1 Å². The number of methoxy groups -OCH3 is 1. The van der Waals surface area contributed by atoms with Crippen LogP contribution in [0.3, 0.4) is 0 Å². The van der Waals surface area contributed by atoms with E-state index in [1.807, 2.05) is 18.2 Å². The monoisotopic (exact) mass is 284 g/mol. The third kappa shape index (κ3) is 2.76. The van der Waals surface area contributed by atoms with Crippen molar-refractivity contribution in [2.75, 3.05) is 12.4 Å². The lowest BCUT2D eigenvalue weighted by atomic mass is 10.1. The Balaban J connectivity index is 1.78. The Morgan fingerprint density at radius 3 is 2.95 bits per heavy atom. The molecular weight excluding hydrogens is 272 g/mol. The maximum Gasteiger partial charge on any atom is 0.294 e. The van der Waals surface area contributed by atoms with Gasteiger partial charge in [0.1, 0.15) is 0 Å². The molecule has 21 heavy (non-hydrogen) atoms. The molecule has 3 rings (SSSR count). The molecule has 0 aliphatic rings. The van der Waals surface area contributed by atoms with Crippen LogP contribution in [0.1, 0.15) is 10.6 Å². The van der Waals surface area contributed by atoms with Gasteiger partial charge in [0.25, 0.3) is 11.8 Å². The van der Waals surface area contributed by atoms with Gasteiger partial charge in [0, 0.05) is 17.4 Å². The summed E-state index contributed by atoms with van der Waals surface area (Å²) in [6, 6.07) is 8.83. The minimum atomic E-state index is -0.393. The molecular formula is C14H12N4O3. The third-order valence-electron chi connectivity index (χ3n) is 2.87. The Morgan fingerprint density at radius 2 is 2.24 bits per heavy atom. The van der Waals surface area contributed by atoms with Crippen LogP contribution in [0.2, 0.25) is 0 Å². The molecule has 0 saturated carbocycles. The van der Waals surface area contributed by atoms with Crippen molar-refractivity contribution >= 4 is 11.6 Å². The van der Waals surface area contributed by atoms with Crippen LogP contribution in [-0.4, -0.2) is 28.4 Å². The number of carbonyl (C=O) groups excluding carboxylic acids is 1. The number of rotatable bonds is 4. The second-order valence-corrected chi connectivity index (χ2v) is 4.26. The molecule has 0 radical (unpaired) electrons. The quantitative estimate of drug-likeness (QED) is 0.767. The summed E-state index contributed by atoms with van der Waals surface area (Å²) in [6.45, 7) is 0. The van der Waals surface area contributed by atoms with Crippen molar-refractivity contribution in [2.45, 2.75) is 0 Å². The number of carbonyl (C=O) groups is 1. The molecule has 0 atom stereocenters. The average Bonchev–Trinajstić information content (AvgIpc) is 3.19. The van der Waals surface area contributed by atoms with Gasteiger partial charge in [-0.05, 0) is 22.9 Å².